The van der Waals surface area contributed by atoms with Crippen LogP contribution < -0.4 is 5.32 Å². The average molecular weight is 291 g/mol. The second-order valence-electron chi connectivity index (χ2n) is 6.03. The van der Waals surface area contributed by atoms with Crippen LogP contribution in [0.15, 0.2) is 12.2 Å². The van der Waals surface area contributed by atoms with Gasteiger partial charge in [0.15, 0.2) is 0 Å². The fourth-order valence-electron chi connectivity index (χ4n) is 3.08. The summed E-state index contributed by atoms with van der Waals surface area (Å²) < 4.78 is 38.8. The Morgan fingerprint density at radius 3 is 2.55 bits per heavy atom. The average Bonchev–Trinajstić information content (AvgIpc) is 2.42. The molecule has 0 aromatic heterocycles. The molecule has 0 bridgehead atoms. The van der Waals surface area contributed by atoms with E-state index in [1.807, 2.05) is 0 Å². The van der Waals surface area contributed by atoms with Gasteiger partial charge in [-0.2, -0.15) is 13.2 Å². The minimum Gasteiger partial charge on any atom is -0.313 e. The lowest BCUT2D eigenvalue weighted by Crippen LogP contribution is -2.41. The monoisotopic (exact) mass is 291 g/mol. The number of halogens is 3. The summed E-state index contributed by atoms with van der Waals surface area (Å²) in [5, 5.41) is 3.45. The molecule has 0 saturated heterocycles. The van der Waals surface area contributed by atoms with E-state index in [2.05, 4.69) is 25.7 Å². The molecule has 0 radical (unpaired) electrons. The standard InChI is InChI=1S/C16H28F3N/c1-4-9-20-15(10-12(3)5-2)13-7-6-8-14(11-13)16(17,18)19/h13-15,20H,3-11H2,1-2H3. The number of hydrogen-bond acceptors (Lipinski definition) is 1. The molecule has 0 heterocycles. The molecule has 1 rings (SSSR count). The Kier molecular flexibility index (Phi) is 7.07. The molecule has 3 unspecified atom stereocenters. The molecule has 0 aromatic carbocycles. The largest absolute Gasteiger partial charge is 0.391 e. The molecular weight excluding hydrogens is 263 g/mol. The second-order valence-corrected chi connectivity index (χ2v) is 6.03. The first-order valence-electron chi connectivity index (χ1n) is 7.85. The van der Waals surface area contributed by atoms with Gasteiger partial charge in [0.05, 0.1) is 5.92 Å². The molecule has 4 heteroatoms. The Morgan fingerprint density at radius 2 is 2.00 bits per heavy atom. The van der Waals surface area contributed by atoms with Crippen LogP contribution in [0.4, 0.5) is 13.2 Å². The van der Waals surface area contributed by atoms with Crippen molar-refractivity contribution in [3.05, 3.63) is 12.2 Å². The highest BCUT2D eigenvalue weighted by Crippen LogP contribution is 2.41. The van der Waals surface area contributed by atoms with Crippen molar-refractivity contribution in [1.29, 1.82) is 0 Å². The van der Waals surface area contributed by atoms with E-state index in [0.717, 1.165) is 37.8 Å². The van der Waals surface area contributed by atoms with Gasteiger partial charge in [0.2, 0.25) is 0 Å². The summed E-state index contributed by atoms with van der Waals surface area (Å²) in [6.07, 6.45) is 0.867. The van der Waals surface area contributed by atoms with Crippen LogP contribution in [0, 0.1) is 11.8 Å². The number of alkyl halides is 3. The van der Waals surface area contributed by atoms with E-state index in [1.165, 1.54) is 0 Å². The van der Waals surface area contributed by atoms with E-state index >= 15 is 0 Å². The SMILES string of the molecule is C=C(CC)CC(NCCC)C1CCCC(C(F)(F)F)C1. The van der Waals surface area contributed by atoms with Gasteiger partial charge in [-0.25, -0.2) is 0 Å². The van der Waals surface area contributed by atoms with Gasteiger partial charge in [0, 0.05) is 6.04 Å². The fourth-order valence-corrected chi connectivity index (χ4v) is 3.08. The summed E-state index contributed by atoms with van der Waals surface area (Å²) in [6, 6.07) is 0.160. The zero-order chi connectivity index (χ0) is 15.2. The molecule has 3 atom stereocenters. The molecule has 1 fully saturated rings. The van der Waals surface area contributed by atoms with E-state index in [9.17, 15) is 13.2 Å². The maximum atomic E-state index is 12.9. The lowest BCUT2D eigenvalue weighted by atomic mass is 9.76. The van der Waals surface area contributed by atoms with Crippen molar-refractivity contribution < 1.29 is 13.2 Å². The van der Waals surface area contributed by atoms with E-state index < -0.39 is 12.1 Å². The van der Waals surface area contributed by atoms with Crippen LogP contribution in [0.5, 0.6) is 0 Å². The smallest absolute Gasteiger partial charge is 0.313 e. The number of rotatable bonds is 7. The Bertz CT molecular complexity index is 299. The van der Waals surface area contributed by atoms with Crippen molar-refractivity contribution in [2.24, 2.45) is 11.8 Å². The maximum absolute atomic E-state index is 12.9. The number of hydrogen-bond donors (Lipinski definition) is 1. The molecule has 20 heavy (non-hydrogen) atoms. The van der Waals surface area contributed by atoms with Gasteiger partial charge in [-0.1, -0.05) is 32.4 Å². The third-order valence-electron chi connectivity index (χ3n) is 4.41. The van der Waals surface area contributed by atoms with E-state index in [0.29, 0.717) is 12.8 Å². The van der Waals surface area contributed by atoms with Gasteiger partial charge in [-0.3, -0.25) is 0 Å². The predicted octanol–water partition coefficient (Wildman–Crippen LogP) is 5.08. The van der Waals surface area contributed by atoms with Crippen molar-refractivity contribution >= 4 is 0 Å². The summed E-state index contributed by atoms with van der Waals surface area (Å²) in [6.45, 7) is 9.03. The van der Waals surface area contributed by atoms with Crippen LogP contribution in [0.25, 0.3) is 0 Å². The van der Waals surface area contributed by atoms with Gasteiger partial charge in [-0.05, 0) is 51.0 Å². The van der Waals surface area contributed by atoms with Crippen LogP contribution in [0.3, 0.4) is 0 Å². The summed E-state index contributed by atoms with van der Waals surface area (Å²) in [5.74, 6) is -0.979. The van der Waals surface area contributed by atoms with Crippen LogP contribution in [-0.4, -0.2) is 18.8 Å². The molecule has 0 aromatic rings. The summed E-state index contributed by atoms with van der Waals surface area (Å²) >= 11 is 0. The van der Waals surface area contributed by atoms with Crippen LogP contribution in [0.2, 0.25) is 0 Å². The van der Waals surface area contributed by atoms with Crippen molar-refractivity contribution in [1.82, 2.24) is 5.32 Å². The zero-order valence-electron chi connectivity index (χ0n) is 12.7. The lowest BCUT2D eigenvalue weighted by molar-refractivity contribution is -0.186. The normalized spacial score (nSPS) is 25.4. The number of nitrogens with one attached hydrogen (secondary N) is 1. The van der Waals surface area contributed by atoms with Gasteiger partial charge >= 0.3 is 6.18 Å². The Labute approximate surface area is 121 Å². The van der Waals surface area contributed by atoms with Gasteiger partial charge < -0.3 is 5.32 Å². The zero-order valence-corrected chi connectivity index (χ0v) is 12.7. The van der Waals surface area contributed by atoms with E-state index in [-0.39, 0.29) is 18.4 Å². The first-order valence-corrected chi connectivity index (χ1v) is 7.85. The van der Waals surface area contributed by atoms with Gasteiger partial charge in [0.25, 0.3) is 0 Å². The molecule has 1 aliphatic carbocycles. The maximum Gasteiger partial charge on any atom is 0.391 e. The molecule has 1 nitrogen and oxygen atoms in total. The molecule has 118 valence electrons. The lowest BCUT2D eigenvalue weighted by Gasteiger charge is -2.36. The highest BCUT2D eigenvalue weighted by atomic mass is 19.4. The quantitative estimate of drug-likeness (QED) is 0.645. The first-order chi connectivity index (χ1) is 9.38. The molecule has 1 N–H and O–H groups in total. The Morgan fingerprint density at radius 1 is 1.30 bits per heavy atom. The molecule has 1 saturated carbocycles. The Balaban J connectivity index is 2.66. The molecular formula is C16H28F3N. The van der Waals surface area contributed by atoms with E-state index in [4.69, 9.17) is 0 Å². The van der Waals surface area contributed by atoms with Crippen LogP contribution in [0.1, 0.15) is 58.8 Å². The molecule has 1 aliphatic rings. The Hall–Kier alpha value is -0.510. The first kappa shape index (κ1) is 17.5. The molecule has 0 aliphatic heterocycles. The van der Waals surface area contributed by atoms with E-state index in [1.54, 1.807) is 0 Å². The molecule has 0 amide bonds. The minimum atomic E-state index is -4.03. The van der Waals surface area contributed by atoms with Crippen molar-refractivity contribution in [3.8, 4) is 0 Å². The van der Waals surface area contributed by atoms with Gasteiger partial charge in [-0.15, -0.1) is 0 Å². The fraction of sp³-hybridized carbons (Fsp3) is 0.875. The van der Waals surface area contributed by atoms with Gasteiger partial charge in [0.1, 0.15) is 0 Å². The summed E-state index contributed by atoms with van der Waals surface area (Å²) in [5.41, 5.74) is 1.13. The predicted molar refractivity (Wildman–Crippen MR) is 77.6 cm³/mol. The highest BCUT2D eigenvalue weighted by molar-refractivity contribution is 4.99. The van der Waals surface area contributed by atoms with Crippen molar-refractivity contribution in [3.63, 3.8) is 0 Å². The minimum absolute atomic E-state index is 0.130. The summed E-state index contributed by atoms with van der Waals surface area (Å²) in [4.78, 5) is 0. The second kappa shape index (κ2) is 8.06. The van der Waals surface area contributed by atoms with Crippen LogP contribution >= 0.6 is 0 Å². The molecule has 0 spiro atoms. The third kappa shape index (κ3) is 5.47. The third-order valence-corrected chi connectivity index (χ3v) is 4.41. The summed E-state index contributed by atoms with van der Waals surface area (Å²) in [7, 11) is 0. The van der Waals surface area contributed by atoms with Crippen molar-refractivity contribution in [2.45, 2.75) is 71.0 Å². The highest BCUT2D eigenvalue weighted by Gasteiger charge is 2.43. The van der Waals surface area contributed by atoms with Crippen molar-refractivity contribution in [2.75, 3.05) is 6.54 Å². The van der Waals surface area contributed by atoms with Crippen LogP contribution in [-0.2, 0) is 0 Å². The topological polar surface area (TPSA) is 12.0 Å².